The van der Waals surface area contributed by atoms with E-state index in [4.69, 9.17) is 9.47 Å². The number of piperidine rings is 1. The molecule has 0 unspecified atom stereocenters. The maximum absolute atomic E-state index is 12.8. The van der Waals surface area contributed by atoms with E-state index in [1.54, 1.807) is 25.1 Å². The molecule has 2 aliphatic rings. The number of nitrogens with zero attached hydrogens (tertiary/aromatic N) is 2. The molecule has 150 valence electrons. The first-order valence-corrected chi connectivity index (χ1v) is 11.0. The Balaban J connectivity index is 1.79. The highest BCUT2D eigenvalue weighted by atomic mass is 32.2. The number of carbonyl (C=O) groups excluding carboxylic acids is 1. The van der Waals surface area contributed by atoms with Crippen LogP contribution in [0.4, 0.5) is 5.69 Å². The molecule has 1 saturated heterocycles. The number of anilines is 1. The Labute approximate surface area is 160 Å². The summed E-state index contributed by atoms with van der Waals surface area (Å²) in [6, 6.07) is 4.10. The third kappa shape index (κ3) is 4.65. The molecule has 1 amide bonds. The molecule has 2 aliphatic heterocycles. The molecule has 0 radical (unpaired) electrons. The van der Waals surface area contributed by atoms with E-state index in [2.05, 4.69) is 10.2 Å². The maximum Gasteiger partial charge on any atom is 0.243 e. The van der Waals surface area contributed by atoms with Gasteiger partial charge in [-0.15, -0.1) is 0 Å². The van der Waals surface area contributed by atoms with Crippen LogP contribution in [0.5, 0.6) is 11.5 Å². The number of amides is 1. The SMILES string of the molecule is C[C@@H](C(=O)NC1CCN(C)CC1)N(c1ccc2c(c1)OCCO2)S(C)(=O)=O. The van der Waals surface area contributed by atoms with Crippen LogP contribution >= 0.6 is 0 Å². The minimum absolute atomic E-state index is 0.0674. The van der Waals surface area contributed by atoms with E-state index in [0.717, 1.165) is 36.5 Å². The Morgan fingerprint density at radius 1 is 1.22 bits per heavy atom. The Bertz CT molecular complexity index is 790. The minimum Gasteiger partial charge on any atom is -0.486 e. The molecule has 0 bridgehead atoms. The molecule has 2 heterocycles. The lowest BCUT2D eigenvalue weighted by molar-refractivity contribution is -0.122. The summed E-state index contributed by atoms with van der Waals surface area (Å²) in [6.07, 6.45) is 2.82. The predicted octanol–water partition coefficient (Wildman–Crippen LogP) is 0.823. The van der Waals surface area contributed by atoms with Crippen molar-refractivity contribution in [3.8, 4) is 11.5 Å². The summed E-state index contributed by atoms with van der Waals surface area (Å²) >= 11 is 0. The summed E-state index contributed by atoms with van der Waals surface area (Å²) in [5.41, 5.74) is 0.382. The number of sulfonamides is 1. The molecule has 1 atom stereocenters. The highest BCUT2D eigenvalue weighted by molar-refractivity contribution is 7.92. The van der Waals surface area contributed by atoms with E-state index >= 15 is 0 Å². The Hall–Kier alpha value is -2.00. The fraction of sp³-hybridized carbons (Fsp3) is 0.611. The van der Waals surface area contributed by atoms with E-state index < -0.39 is 16.1 Å². The lowest BCUT2D eigenvalue weighted by Crippen LogP contribution is -2.52. The smallest absolute Gasteiger partial charge is 0.243 e. The second-order valence-corrected chi connectivity index (χ2v) is 9.01. The van der Waals surface area contributed by atoms with Crippen LogP contribution in [-0.2, 0) is 14.8 Å². The average molecular weight is 397 g/mol. The third-order valence-electron chi connectivity index (χ3n) is 4.93. The molecular weight excluding hydrogens is 370 g/mol. The van der Waals surface area contributed by atoms with Crippen molar-refractivity contribution < 1.29 is 22.7 Å². The molecule has 0 aromatic heterocycles. The van der Waals surface area contributed by atoms with Gasteiger partial charge in [-0.25, -0.2) is 8.42 Å². The van der Waals surface area contributed by atoms with Crippen molar-refractivity contribution in [2.75, 3.05) is 43.9 Å². The second-order valence-electron chi connectivity index (χ2n) is 7.15. The second kappa shape index (κ2) is 7.93. The quantitative estimate of drug-likeness (QED) is 0.792. The number of rotatable bonds is 5. The predicted molar refractivity (Wildman–Crippen MR) is 103 cm³/mol. The van der Waals surface area contributed by atoms with Gasteiger partial charge in [0.05, 0.1) is 11.9 Å². The normalized spacial score (nSPS) is 19.4. The molecule has 3 rings (SSSR count). The van der Waals surface area contributed by atoms with Crippen LogP contribution in [0.25, 0.3) is 0 Å². The van der Waals surface area contributed by atoms with Crippen LogP contribution in [-0.4, -0.2) is 70.9 Å². The number of carbonyl (C=O) groups is 1. The summed E-state index contributed by atoms with van der Waals surface area (Å²) in [4.78, 5) is 15.0. The molecular formula is C18H27N3O5S. The van der Waals surface area contributed by atoms with Crippen molar-refractivity contribution in [2.45, 2.75) is 31.8 Å². The summed E-state index contributed by atoms with van der Waals surface area (Å²) in [5.74, 6) is 0.752. The zero-order valence-electron chi connectivity index (χ0n) is 16.0. The summed E-state index contributed by atoms with van der Waals surface area (Å²) < 4.78 is 37.1. The van der Waals surface area contributed by atoms with E-state index in [1.807, 2.05) is 7.05 Å². The number of ether oxygens (including phenoxy) is 2. The lowest BCUT2D eigenvalue weighted by atomic mass is 10.1. The lowest BCUT2D eigenvalue weighted by Gasteiger charge is -2.33. The monoisotopic (exact) mass is 397 g/mol. The van der Waals surface area contributed by atoms with Crippen molar-refractivity contribution in [3.63, 3.8) is 0 Å². The molecule has 0 aliphatic carbocycles. The van der Waals surface area contributed by atoms with Crippen LogP contribution in [0.2, 0.25) is 0 Å². The van der Waals surface area contributed by atoms with Crippen molar-refractivity contribution in [1.29, 1.82) is 0 Å². The molecule has 8 nitrogen and oxygen atoms in total. The number of hydrogen-bond acceptors (Lipinski definition) is 6. The number of fused-ring (bicyclic) bond motifs is 1. The number of benzene rings is 1. The van der Waals surface area contributed by atoms with Gasteiger partial charge in [-0.2, -0.15) is 0 Å². The van der Waals surface area contributed by atoms with Crippen molar-refractivity contribution in [3.05, 3.63) is 18.2 Å². The fourth-order valence-electron chi connectivity index (χ4n) is 3.45. The number of hydrogen-bond donors (Lipinski definition) is 1. The van der Waals surface area contributed by atoms with Gasteiger partial charge < -0.3 is 19.7 Å². The molecule has 1 aromatic rings. The Kier molecular flexibility index (Phi) is 5.81. The summed E-state index contributed by atoms with van der Waals surface area (Å²) in [6.45, 7) is 4.29. The van der Waals surface area contributed by atoms with Gasteiger partial charge in [-0.3, -0.25) is 9.10 Å². The zero-order valence-corrected chi connectivity index (χ0v) is 16.8. The molecule has 9 heteroatoms. The van der Waals surface area contributed by atoms with Gasteiger partial charge in [0.15, 0.2) is 11.5 Å². The Morgan fingerprint density at radius 3 is 2.48 bits per heavy atom. The largest absolute Gasteiger partial charge is 0.486 e. The van der Waals surface area contributed by atoms with Crippen LogP contribution in [0.15, 0.2) is 18.2 Å². The highest BCUT2D eigenvalue weighted by Gasteiger charge is 2.31. The fourth-order valence-corrected chi connectivity index (χ4v) is 4.62. The molecule has 1 aromatic carbocycles. The van der Waals surface area contributed by atoms with E-state index in [1.165, 1.54) is 0 Å². The summed E-state index contributed by atoms with van der Waals surface area (Å²) in [5, 5.41) is 3.00. The van der Waals surface area contributed by atoms with Crippen LogP contribution < -0.4 is 19.1 Å². The van der Waals surface area contributed by atoms with E-state index in [9.17, 15) is 13.2 Å². The first kappa shape index (κ1) is 19.8. The van der Waals surface area contributed by atoms with Crippen LogP contribution in [0, 0.1) is 0 Å². The van der Waals surface area contributed by atoms with Gasteiger partial charge in [-0.05, 0) is 52.0 Å². The molecule has 0 spiro atoms. The van der Waals surface area contributed by atoms with Crippen molar-refractivity contribution in [1.82, 2.24) is 10.2 Å². The van der Waals surface area contributed by atoms with Gasteiger partial charge in [0, 0.05) is 12.1 Å². The molecule has 0 saturated carbocycles. The van der Waals surface area contributed by atoms with Crippen molar-refractivity contribution in [2.24, 2.45) is 0 Å². The molecule has 1 fully saturated rings. The van der Waals surface area contributed by atoms with Gasteiger partial charge in [-0.1, -0.05) is 0 Å². The van der Waals surface area contributed by atoms with Gasteiger partial charge in [0.1, 0.15) is 19.3 Å². The minimum atomic E-state index is -3.67. The Morgan fingerprint density at radius 2 is 1.85 bits per heavy atom. The van der Waals surface area contributed by atoms with Crippen LogP contribution in [0.3, 0.4) is 0 Å². The maximum atomic E-state index is 12.8. The highest BCUT2D eigenvalue weighted by Crippen LogP contribution is 2.35. The molecule has 27 heavy (non-hydrogen) atoms. The summed E-state index contributed by atoms with van der Waals surface area (Å²) in [7, 11) is -1.62. The first-order valence-electron chi connectivity index (χ1n) is 9.13. The number of likely N-dealkylation sites (tertiary alicyclic amines) is 1. The zero-order chi connectivity index (χ0) is 19.6. The third-order valence-corrected chi connectivity index (χ3v) is 6.18. The van der Waals surface area contributed by atoms with Gasteiger partial charge in [0.2, 0.25) is 15.9 Å². The van der Waals surface area contributed by atoms with Crippen molar-refractivity contribution >= 4 is 21.6 Å². The topological polar surface area (TPSA) is 88.2 Å². The first-order chi connectivity index (χ1) is 12.8. The molecule has 1 N–H and O–H groups in total. The van der Waals surface area contributed by atoms with Gasteiger partial charge in [0.25, 0.3) is 0 Å². The standard InChI is InChI=1S/C18H27N3O5S/c1-13(18(22)19-14-6-8-20(2)9-7-14)21(27(3,23)24)15-4-5-16-17(12-15)26-11-10-25-16/h4-5,12-14H,6-11H2,1-3H3,(H,19,22)/t13-/m0/s1. The van der Waals surface area contributed by atoms with E-state index in [0.29, 0.717) is 30.4 Å². The van der Waals surface area contributed by atoms with Crippen LogP contribution in [0.1, 0.15) is 19.8 Å². The van der Waals surface area contributed by atoms with Gasteiger partial charge >= 0.3 is 0 Å². The number of nitrogens with one attached hydrogen (secondary N) is 1. The van der Waals surface area contributed by atoms with E-state index in [-0.39, 0.29) is 11.9 Å². The average Bonchev–Trinajstić information content (AvgIpc) is 2.62.